The molecule has 1 fully saturated rings. The molecule has 0 bridgehead atoms. The monoisotopic (exact) mass is 180 g/mol. The lowest BCUT2D eigenvalue weighted by molar-refractivity contribution is -0.138. The summed E-state index contributed by atoms with van der Waals surface area (Å²) >= 11 is 0. The van der Waals surface area contributed by atoms with Crippen LogP contribution in [0.2, 0.25) is 0 Å². The Morgan fingerprint density at radius 1 is 1.77 bits per heavy atom. The first-order valence-electron chi connectivity index (χ1n) is 4.32. The molecule has 4 nitrogen and oxygen atoms in total. The predicted molar refractivity (Wildman–Crippen MR) is 46.4 cm³/mol. The minimum atomic E-state index is -0.687. The number of aryl methyl sites for hydroxylation is 2. The molecule has 1 N–H and O–H groups in total. The molecule has 2 atom stereocenters. The molecular weight excluding hydrogens is 168 g/mol. The van der Waals surface area contributed by atoms with Gasteiger partial charge in [-0.25, -0.2) is 0 Å². The van der Waals surface area contributed by atoms with Crippen molar-refractivity contribution in [2.45, 2.75) is 19.3 Å². The Bertz CT molecular complexity index is 356. The van der Waals surface area contributed by atoms with Crippen molar-refractivity contribution in [1.29, 1.82) is 0 Å². The van der Waals surface area contributed by atoms with E-state index in [0.29, 0.717) is 0 Å². The van der Waals surface area contributed by atoms with E-state index in [4.69, 9.17) is 5.11 Å². The number of carbonyl (C=O) groups is 1. The summed E-state index contributed by atoms with van der Waals surface area (Å²) < 4.78 is 1.74. The number of rotatable bonds is 2. The van der Waals surface area contributed by atoms with Crippen molar-refractivity contribution in [3.05, 3.63) is 17.5 Å². The number of carboxylic acid groups (broad SMARTS) is 1. The Morgan fingerprint density at radius 3 is 2.85 bits per heavy atom. The molecule has 0 saturated heterocycles. The van der Waals surface area contributed by atoms with E-state index in [1.807, 2.05) is 20.2 Å². The lowest BCUT2D eigenvalue weighted by Crippen LogP contribution is -1.98. The fraction of sp³-hybridized carbons (Fsp3) is 0.556. The van der Waals surface area contributed by atoms with Crippen molar-refractivity contribution in [2.75, 3.05) is 0 Å². The summed E-state index contributed by atoms with van der Waals surface area (Å²) in [7, 11) is 1.86. The molecular formula is C9H12N2O2. The van der Waals surface area contributed by atoms with Crippen LogP contribution in [0.15, 0.2) is 6.20 Å². The van der Waals surface area contributed by atoms with Crippen LogP contribution in [0.5, 0.6) is 0 Å². The highest BCUT2D eigenvalue weighted by atomic mass is 16.4. The Kier molecular flexibility index (Phi) is 1.65. The fourth-order valence-corrected chi connectivity index (χ4v) is 1.79. The molecule has 1 aromatic rings. The summed E-state index contributed by atoms with van der Waals surface area (Å²) in [5.41, 5.74) is 2.05. The molecule has 0 amide bonds. The van der Waals surface area contributed by atoms with Gasteiger partial charge in [0.1, 0.15) is 0 Å². The first-order valence-corrected chi connectivity index (χ1v) is 4.32. The zero-order chi connectivity index (χ0) is 9.59. The Hall–Kier alpha value is -1.32. The predicted octanol–water partition coefficient (Wildman–Crippen LogP) is 0.917. The SMILES string of the molecule is Cc1nn(C)cc1[C@@H]1C[C@H]1C(=O)O. The number of nitrogens with zero attached hydrogens (tertiary/aromatic N) is 2. The van der Waals surface area contributed by atoms with E-state index < -0.39 is 5.97 Å². The summed E-state index contributed by atoms with van der Waals surface area (Å²) in [6.07, 6.45) is 2.69. The fourth-order valence-electron chi connectivity index (χ4n) is 1.79. The number of hydrogen-bond donors (Lipinski definition) is 1. The van der Waals surface area contributed by atoms with Crippen molar-refractivity contribution in [3.8, 4) is 0 Å². The number of carboxylic acids is 1. The van der Waals surface area contributed by atoms with Gasteiger partial charge in [-0.15, -0.1) is 0 Å². The molecule has 4 heteroatoms. The zero-order valence-electron chi connectivity index (χ0n) is 7.69. The van der Waals surface area contributed by atoms with E-state index in [2.05, 4.69) is 5.10 Å². The highest BCUT2D eigenvalue weighted by Gasteiger charge is 2.45. The maximum Gasteiger partial charge on any atom is 0.307 e. The maximum absolute atomic E-state index is 10.6. The number of aromatic nitrogens is 2. The van der Waals surface area contributed by atoms with Gasteiger partial charge < -0.3 is 5.11 Å². The van der Waals surface area contributed by atoms with Gasteiger partial charge in [0.15, 0.2) is 0 Å². The molecule has 0 aliphatic heterocycles. The van der Waals surface area contributed by atoms with Crippen LogP contribution in [-0.2, 0) is 11.8 Å². The number of aliphatic carboxylic acids is 1. The number of hydrogen-bond acceptors (Lipinski definition) is 2. The van der Waals surface area contributed by atoms with E-state index in [-0.39, 0.29) is 11.8 Å². The normalized spacial score (nSPS) is 26.0. The van der Waals surface area contributed by atoms with E-state index >= 15 is 0 Å². The van der Waals surface area contributed by atoms with Crippen LogP contribution in [0.25, 0.3) is 0 Å². The third-order valence-corrected chi connectivity index (χ3v) is 2.56. The molecule has 0 unspecified atom stereocenters. The highest BCUT2D eigenvalue weighted by molar-refractivity contribution is 5.75. The molecule has 0 aromatic carbocycles. The molecule has 70 valence electrons. The van der Waals surface area contributed by atoms with Gasteiger partial charge in [0.25, 0.3) is 0 Å². The van der Waals surface area contributed by atoms with Gasteiger partial charge in [0.05, 0.1) is 11.6 Å². The lowest BCUT2D eigenvalue weighted by atomic mass is 10.1. The van der Waals surface area contributed by atoms with Gasteiger partial charge in [-0.3, -0.25) is 9.48 Å². The van der Waals surface area contributed by atoms with Gasteiger partial charge in [-0.05, 0) is 18.9 Å². The molecule has 2 rings (SSSR count). The molecule has 1 heterocycles. The Labute approximate surface area is 76.2 Å². The van der Waals surface area contributed by atoms with Crippen molar-refractivity contribution in [2.24, 2.45) is 13.0 Å². The maximum atomic E-state index is 10.6. The van der Waals surface area contributed by atoms with Crippen LogP contribution in [0, 0.1) is 12.8 Å². The zero-order valence-corrected chi connectivity index (χ0v) is 7.69. The molecule has 1 saturated carbocycles. The summed E-state index contributed by atoms with van der Waals surface area (Å²) in [4.78, 5) is 10.6. The lowest BCUT2D eigenvalue weighted by Gasteiger charge is -1.92. The first-order chi connectivity index (χ1) is 6.09. The topological polar surface area (TPSA) is 55.1 Å². The standard InChI is InChI=1S/C9H12N2O2/c1-5-8(4-11(2)10-5)6-3-7(6)9(12)13/h4,6-7H,3H2,1-2H3,(H,12,13)/t6-,7-/m1/s1. The molecule has 0 spiro atoms. The molecule has 0 radical (unpaired) electrons. The van der Waals surface area contributed by atoms with Crippen LogP contribution in [0.1, 0.15) is 23.6 Å². The molecule has 13 heavy (non-hydrogen) atoms. The summed E-state index contributed by atoms with van der Waals surface area (Å²) in [5, 5.41) is 12.9. The van der Waals surface area contributed by atoms with Crippen LogP contribution in [0.4, 0.5) is 0 Å². The molecule has 1 aliphatic carbocycles. The largest absolute Gasteiger partial charge is 0.481 e. The van der Waals surface area contributed by atoms with Gasteiger partial charge in [0, 0.05) is 19.2 Å². The Morgan fingerprint density at radius 2 is 2.46 bits per heavy atom. The van der Waals surface area contributed by atoms with Gasteiger partial charge >= 0.3 is 5.97 Å². The Balaban J connectivity index is 2.20. The van der Waals surface area contributed by atoms with Crippen molar-refractivity contribution >= 4 is 5.97 Å². The van der Waals surface area contributed by atoms with E-state index in [1.54, 1.807) is 4.68 Å². The molecule has 1 aliphatic rings. The summed E-state index contributed by atoms with van der Waals surface area (Å²) in [5.74, 6) is -0.664. The van der Waals surface area contributed by atoms with Crippen LogP contribution in [-0.4, -0.2) is 20.9 Å². The van der Waals surface area contributed by atoms with Crippen LogP contribution < -0.4 is 0 Å². The third-order valence-electron chi connectivity index (χ3n) is 2.56. The average molecular weight is 180 g/mol. The van der Waals surface area contributed by atoms with Crippen molar-refractivity contribution in [1.82, 2.24) is 9.78 Å². The minimum absolute atomic E-state index is 0.178. The van der Waals surface area contributed by atoms with Gasteiger partial charge in [0.2, 0.25) is 0 Å². The summed E-state index contributed by atoms with van der Waals surface area (Å²) in [6.45, 7) is 1.92. The van der Waals surface area contributed by atoms with Crippen molar-refractivity contribution < 1.29 is 9.90 Å². The van der Waals surface area contributed by atoms with E-state index in [0.717, 1.165) is 17.7 Å². The van der Waals surface area contributed by atoms with Crippen molar-refractivity contribution in [3.63, 3.8) is 0 Å². The third kappa shape index (κ3) is 1.32. The van der Waals surface area contributed by atoms with Crippen LogP contribution >= 0.6 is 0 Å². The van der Waals surface area contributed by atoms with Gasteiger partial charge in [-0.1, -0.05) is 0 Å². The smallest absolute Gasteiger partial charge is 0.307 e. The van der Waals surface area contributed by atoms with E-state index in [9.17, 15) is 4.79 Å². The second-order valence-electron chi connectivity index (χ2n) is 3.63. The first kappa shape index (κ1) is 8.29. The summed E-state index contributed by atoms with van der Waals surface area (Å²) in [6, 6.07) is 0. The highest BCUT2D eigenvalue weighted by Crippen LogP contribution is 2.48. The van der Waals surface area contributed by atoms with Gasteiger partial charge in [-0.2, -0.15) is 5.10 Å². The average Bonchev–Trinajstić information content (AvgIpc) is 2.73. The second-order valence-corrected chi connectivity index (χ2v) is 3.63. The second kappa shape index (κ2) is 2.58. The quantitative estimate of drug-likeness (QED) is 0.736. The van der Waals surface area contributed by atoms with Crippen LogP contribution in [0.3, 0.4) is 0 Å². The van der Waals surface area contributed by atoms with E-state index in [1.165, 1.54) is 0 Å². The molecule has 1 aromatic heterocycles. The minimum Gasteiger partial charge on any atom is -0.481 e.